The predicted molar refractivity (Wildman–Crippen MR) is 83.1 cm³/mol. The van der Waals surface area contributed by atoms with Gasteiger partial charge in [0.05, 0.1) is 17.9 Å². The molecule has 1 fully saturated rings. The fraction of sp³-hybridized carbons (Fsp3) is 0.400. The highest BCUT2D eigenvalue weighted by atomic mass is 32.2. The average Bonchev–Trinajstić information content (AvgIpc) is 3.09. The third-order valence-corrected chi connectivity index (χ3v) is 5.63. The molecule has 0 N–H and O–H groups in total. The summed E-state index contributed by atoms with van der Waals surface area (Å²) in [4.78, 5) is 15.5. The van der Waals surface area contributed by atoms with Crippen LogP contribution in [0, 0.1) is 0 Å². The number of carbonyl (C=O) groups excluding carboxylic acids is 1. The van der Waals surface area contributed by atoms with Crippen LogP contribution in [-0.4, -0.2) is 29.6 Å². The summed E-state index contributed by atoms with van der Waals surface area (Å²) in [5.41, 5.74) is 0. The molecule has 0 aliphatic carbocycles. The van der Waals surface area contributed by atoms with E-state index in [1.807, 2.05) is 46.3 Å². The number of hydrogen-bond acceptors (Lipinski definition) is 4. The lowest BCUT2D eigenvalue weighted by molar-refractivity contribution is -0.130. The van der Waals surface area contributed by atoms with Gasteiger partial charge >= 0.3 is 0 Å². The van der Waals surface area contributed by atoms with Crippen molar-refractivity contribution in [3.8, 4) is 0 Å². The maximum absolute atomic E-state index is 12.3. The molecule has 0 spiro atoms. The topological polar surface area (TPSA) is 33.5 Å². The van der Waals surface area contributed by atoms with Crippen LogP contribution in [0.1, 0.15) is 22.3 Å². The van der Waals surface area contributed by atoms with Crippen LogP contribution in [0.4, 0.5) is 0 Å². The fourth-order valence-electron chi connectivity index (χ4n) is 2.40. The molecule has 2 aromatic rings. The monoisotopic (exact) mass is 307 g/mol. The third-order valence-electron chi connectivity index (χ3n) is 3.46. The SMILES string of the molecule is O=C(Cc1cccs1)N1CCS[C@H](c2ccco2)CC1. The number of furan rings is 1. The van der Waals surface area contributed by atoms with E-state index in [1.54, 1.807) is 17.6 Å². The summed E-state index contributed by atoms with van der Waals surface area (Å²) in [5.74, 6) is 2.25. The molecule has 106 valence electrons. The van der Waals surface area contributed by atoms with Gasteiger partial charge in [-0.05, 0) is 30.0 Å². The first-order valence-electron chi connectivity index (χ1n) is 6.78. The first-order valence-corrected chi connectivity index (χ1v) is 8.71. The molecule has 3 nitrogen and oxygen atoms in total. The number of amides is 1. The lowest BCUT2D eigenvalue weighted by atomic mass is 10.2. The van der Waals surface area contributed by atoms with Crippen LogP contribution < -0.4 is 0 Å². The first-order chi connectivity index (χ1) is 9.83. The van der Waals surface area contributed by atoms with Gasteiger partial charge in [-0.2, -0.15) is 0 Å². The van der Waals surface area contributed by atoms with Crippen LogP contribution in [0.25, 0.3) is 0 Å². The molecule has 3 rings (SSSR count). The molecular weight excluding hydrogens is 290 g/mol. The van der Waals surface area contributed by atoms with Gasteiger partial charge in [-0.1, -0.05) is 6.07 Å². The van der Waals surface area contributed by atoms with Gasteiger partial charge in [0.2, 0.25) is 5.91 Å². The number of carbonyl (C=O) groups is 1. The molecule has 0 saturated carbocycles. The smallest absolute Gasteiger partial charge is 0.227 e. The molecule has 1 atom stereocenters. The summed E-state index contributed by atoms with van der Waals surface area (Å²) < 4.78 is 5.49. The lowest BCUT2D eigenvalue weighted by Crippen LogP contribution is -2.33. The molecule has 1 aliphatic rings. The average molecular weight is 307 g/mol. The first kappa shape index (κ1) is 13.8. The Morgan fingerprint density at radius 2 is 2.30 bits per heavy atom. The van der Waals surface area contributed by atoms with E-state index in [1.165, 1.54) is 0 Å². The van der Waals surface area contributed by atoms with Crippen LogP contribution >= 0.6 is 23.1 Å². The second-order valence-electron chi connectivity index (χ2n) is 4.80. The number of thioether (sulfide) groups is 1. The van der Waals surface area contributed by atoms with E-state index in [0.29, 0.717) is 11.7 Å². The summed E-state index contributed by atoms with van der Waals surface area (Å²) >= 11 is 3.54. The van der Waals surface area contributed by atoms with Crippen LogP contribution in [-0.2, 0) is 11.2 Å². The van der Waals surface area contributed by atoms with Crippen molar-refractivity contribution >= 4 is 29.0 Å². The summed E-state index contributed by atoms with van der Waals surface area (Å²) in [6.45, 7) is 1.66. The standard InChI is InChI=1S/C15H17NO2S2/c17-15(11-12-3-2-9-19-12)16-6-5-14(20-10-7-16)13-4-1-8-18-13/h1-4,8-9,14H,5-7,10-11H2/t14-/m0/s1. The van der Waals surface area contributed by atoms with Crippen molar-refractivity contribution < 1.29 is 9.21 Å². The number of rotatable bonds is 3. The molecule has 1 aliphatic heterocycles. The minimum Gasteiger partial charge on any atom is -0.468 e. The van der Waals surface area contributed by atoms with E-state index in [2.05, 4.69) is 0 Å². The van der Waals surface area contributed by atoms with Crippen molar-refractivity contribution in [3.63, 3.8) is 0 Å². The molecule has 2 aromatic heterocycles. The van der Waals surface area contributed by atoms with Crippen molar-refractivity contribution in [2.24, 2.45) is 0 Å². The van der Waals surface area contributed by atoms with Crippen LogP contribution in [0.3, 0.4) is 0 Å². The number of nitrogens with zero attached hydrogens (tertiary/aromatic N) is 1. The molecule has 1 amide bonds. The van der Waals surface area contributed by atoms with E-state index in [0.717, 1.165) is 35.9 Å². The van der Waals surface area contributed by atoms with Gasteiger partial charge in [0.15, 0.2) is 0 Å². The second-order valence-corrected chi connectivity index (χ2v) is 7.14. The summed E-state index contributed by atoms with van der Waals surface area (Å²) in [5, 5.41) is 2.40. The van der Waals surface area contributed by atoms with Gasteiger partial charge < -0.3 is 9.32 Å². The zero-order valence-corrected chi connectivity index (χ0v) is 12.8. The van der Waals surface area contributed by atoms with Gasteiger partial charge in [-0.15, -0.1) is 23.1 Å². The van der Waals surface area contributed by atoms with E-state index in [9.17, 15) is 4.79 Å². The Labute approximate surface area is 127 Å². The summed E-state index contributed by atoms with van der Waals surface area (Å²) in [6, 6.07) is 7.99. The van der Waals surface area contributed by atoms with Gasteiger partial charge in [0, 0.05) is 23.7 Å². The Kier molecular flexibility index (Phi) is 4.47. The van der Waals surface area contributed by atoms with Gasteiger partial charge in [0.1, 0.15) is 5.76 Å². The summed E-state index contributed by atoms with van der Waals surface area (Å²) in [6.07, 6.45) is 3.22. The molecule has 1 saturated heterocycles. The maximum atomic E-state index is 12.3. The molecule has 0 aromatic carbocycles. The number of hydrogen-bond donors (Lipinski definition) is 0. The zero-order chi connectivity index (χ0) is 13.8. The Morgan fingerprint density at radius 3 is 3.05 bits per heavy atom. The van der Waals surface area contributed by atoms with Crippen molar-refractivity contribution in [2.75, 3.05) is 18.8 Å². The second kappa shape index (κ2) is 6.50. The van der Waals surface area contributed by atoms with Crippen molar-refractivity contribution in [1.29, 1.82) is 0 Å². The predicted octanol–water partition coefficient (Wildman–Crippen LogP) is 3.59. The van der Waals surface area contributed by atoms with E-state index in [4.69, 9.17) is 4.42 Å². The Bertz CT molecular complexity index is 536. The Balaban J connectivity index is 1.58. The highest BCUT2D eigenvalue weighted by Gasteiger charge is 2.23. The largest absolute Gasteiger partial charge is 0.468 e. The Morgan fingerprint density at radius 1 is 1.35 bits per heavy atom. The van der Waals surface area contributed by atoms with Gasteiger partial charge in [-0.25, -0.2) is 0 Å². The van der Waals surface area contributed by atoms with Gasteiger partial charge in [-0.3, -0.25) is 4.79 Å². The van der Waals surface area contributed by atoms with Crippen molar-refractivity contribution in [3.05, 3.63) is 46.5 Å². The quantitative estimate of drug-likeness (QED) is 0.869. The van der Waals surface area contributed by atoms with Crippen molar-refractivity contribution in [1.82, 2.24) is 4.90 Å². The van der Waals surface area contributed by atoms with Crippen LogP contribution in [0.5, 0.6) is 0 Å². The molecule has 0 unspecified atom stereocenters. The molecule has 20 heavy (non-hydrogen) atoms. The van der Waals surface area contributed by atoms with E-state index in [-0.39, 0.29) is 5.91 Å². The normalized spacial score (nSPS) is 19.8. The minimum absolute atomic E-state index is 0.244. The maximum Gasteiger partial charge on any atom is 0.227 e. The van der Waals surface area contributed by atoms with E-state index < -0.39 is 0 Å². The molecule has 0 bridgehead atoms. The zero-order valence-electron chi connectivity index (χ0n) is 11.2. The molecule has 5 heteroatoms. The lowest BCUT2D eigenvalue weighted by Gasteiger charge is -2.19. The van der Waals surface area contributed by atoms with Crippen LogP contribution in [0.15, 0.2) is 40.3 Å². The van der Waals surface area contributed by atoms with E-state index >= 15 is 0 Å². The molecule has 3 heterocycles. The molecule has 0 radical (unpaired) electrons. The highest BCUT2D eigenvalue weighted by molar-refractivity contribution is 7.99. The fourth-order valence-corrected chi connectivity index (χ4v) is 4.27. The number of thiophene rings is 1. The highest BCUT2D eigenvalue weighted by Crippen LogP contribution is 2.34. The third kappa shape index (κ3) is 3.27. The molecular formula is C15H17NO2S2. The minimum atomic E-state index is 0.244. The van der Waals surface area contributed by atoms with Crippen LogP contribution in [0.2, 0.25) is 0 Å². The van der Waals surface area contributed by atoms with Crippen molar-refractivity contribution in [2.45, 2.75) is 18.1 Å². The summed E-state index contributed by atoms with van der Waals surface area (Å²) in [7, 11) is 0. The Hall–Kier alpha value is -1.20. The van der Waals surface area contributed by atoms with Gasteiger partial charge in [0.25, 0.3) is 0 Å².